The minimum Gasteiger partial charge on any atom is -0.363 e. The number of pyridine rings is 1. The zero-order valence-corrected chi connectivity index (χ0v) is 19.0. The Hall–Kier alpha value is -3.35. The fraction of sp³-hybridized carbons (Fsp3) is 0.400. The molecule has 0 amide bonds. The first kappa shape index (κ1) is 20.5. The van der Waals surface area contributed by atoms with Gasteiger partial charge in [0, 0.05) is 58.2 Å². The third kappa shape index (κ3) is 4.33. The van der Waals surface area contributed by atoms with Crippen molar-refractivity contribution in [3.63, 3.8) is 0 Å². The lowest BCUT2D eigenvalue weighted by atomic mass is 9.90. The van der Waals surface area contributed by atoms with Crippen molar-refractivity contribution in [2.45, 2.75) is 25.7 Å². The molecule has 1 aromatic carbocycles. The van der Waals surface area contributed by atoms with E-state index in [1.807, 2.05) is 43.4 Å². The van der Waals surface area contributed by atoms with Gasteiger partial charge in [0.1, 0.15) is 17.5 Å². The second-order valence-electron chi connectivity index (χ2n) is 8.74. The van der Waals surface area contributed by atoms with Gasteiger partial charge in [0.05, 0.1) is 0 Å². The molecule has 1 N–H and O–H groups in total. The molecule has 5 rings (SSSR count). The summed E-state index contributed by atoms with van der Waals surface area (Å²) >= 11 is 0. The van der Waals surface area contributed by atoms with Crippen LogP contribution < -0.4 is 20.0 Å². The molecule has 3 heterocycles. The monoisotopic (exact) mass is 429 g/mol. The van der Waals surface area contributed by atoms with E-state index in [9.17, 15) is 0 Å². The smallest absolute Gasteiger partial charge is 0.229 e. The number of hydrogen-bond donors (Lipinski definition) is 1. The number of hydrogen-bond acceptors (Lipinski definition) is 7. The van der Waals surface area contributed by atoms with E-state index >= 15 is 0 Å². The first-order valence-corrected chi connectivity index (χ1v) is 11.5. The molecule has 0 atom stereocenters. The summed E-state index contributed by atoms with van der Waals surface area (Å²) in [6.45, 7) is 3.55. The highest BCUT2D eigenvalue weighted by molar-refractivity contribution is 5.66. The maximum atomic E-state index is 4.92. The Morgan fingerprint density at radius 1 is 0.875 bits per heavy atom. The van der Waals surface area contributed by atoms with Crippen LogP contribution in [0.3, 0.4) is 0 Å². The van der Waals surface area contributed by atoms with Gasteiger partial charge in [-0.3, -0.25) is 0 Å². The first-order chi connectivity index (χ1) is 15.7. The van der Waals surface area contributed by atoms with Crippen molar-refractivity contribution in [2.75, 3.05) is 60.3 Å². The number of nitrogens with zero attached hydrogens (tertiary/aromatic N) is 6. The highest BCUT2D eigenvalue weighted by Gasteiger charge is 2.22. The zero-order valence-electron chi connectivity index (χ0n) is 19.0. The van der Waals surface area contributed by atoms with Crippen molar-refractivity contribution < 1.29 is 0 Å². The van der Waals surface area contributed by atoms with Crippen LogP contribution in [0.4, 0.5) is 29.1 Å². The summed E-state index contributed by atoms with van der Waals surface area (Å²) in [6, 6.07) is 14.7. The van der Waals surface area contributed by atoms with Crippen LogP contribution in [0.5, 0.6) is 0 Å². The SMILES string of the molecule is CN(C)c1cc(Nc2cccc3c2CCCC3)nc(N2CCN(c3ccccn3)CC2)n1. The van der Waals surface area contributed by atoms with Crippen LogP contribution in [0.1, 0.15) is 24.0 Å². The number of rotatable bonds is 5. The van der Waals surface area contributed by atoms with E-state index < -0.39 is 0 Å². The van der Waals surface area contributed by atoms with Crippen molar-refractivity contribution >= 4 is 29.1 Å². The summed E-state index contributed by atoms with van der Waals surface area (Å²) in [7, 11) is 4.05. The molecule has 1 saturated heterocycles. The molecule has 3 aromatic rings. The summed E-state index contributed by atoms with van der Waals surface area (Å²) in [5, 5.41) is 3.62. The molecular weight excluding hydrogens is 398 g/mol. The van der Waals surface area contributed by atoms with Gasteiger partial charge in [0.25, 0.3) is 0 Å². The van der Waals surface area contributed by atoms with Crippen molar-refractivity contribution in [3.05, 3.63) is 59.8 Å². The second-order valence-corrected chi connectivity index (χ2v) is 8.74. The van der Waals surface area contributed by atoms with Gasteiger partial charge in [-0.05, 0) is 55.0 Å². The highest BCUT2D eigenvalue weighted by Crippen LogP contribution is 2.31. The van der Waals surface area contributed by atoms with Gasteiger partial charge in [0.15, 0.2) is 0 Å². The van der Waals surface area contributed by atoms with Gasteiger partial charge in [0.2, 0.25) is 5.95 Å². The van der Waals surface area contributed by atoms with Crippen molar-refractivity contribution in [1.29, 1.82) is 0 Å². The molecule has 0 bridgehead atoms. The molecule has 32 heavy (non-hydrogen) atoms. The molecule has 0 radical (unpaired) electrons. The molecule has 7 heteroatoms. The van der Waals surface area contributed by atoms with Crippen LogP contribution in [-0.2, 0) is 12.8 Å². The van der Waals surface area contributed by atoms with E-state index in [-0.39, 0.29) is 0 Å². The van der Waals surface area contributed by atoms with E-state index in [1.54, 1.807) is 0 Å². The quantitative estimate of drug-likeness (QED) is 0.660. The van der Waals surface area contributed by atoms with Crippen LogP contribution >= 0.6 is 0 Å². The highest BCUT2D eigenvalue weighted by atomic mass is 15.3. The number of nitrogens with one attached hydrogen (secondary N) is 1. The molecule has 7 nitrogen and oxygen atoms in total. The summed E-state index contributed by atoms with van der Waals surface area (Å²) in [6.07, 6.45) is 6.69. The second kappa shape index (κ2) is 9.02. The van der Waals surface area contributed by atoms with Gasteiger partial charge in [-0.25, -0.2) is 4.98 Å². The number of piperazine rings is 1. The van der Waals surface area contributed by atoms with Crippen LogP contribution in [0.15, 0.2) is 48.7 Å². The van der Waals surface area contributed by atoms with E-state index in [0.717, 1.165) is 56.0 Å². The summed E-state index contributed by atoms with van der Waals surface area (Å²) in [5.74, 6) is 3.58. The number of anilines is 5. The van der Waals surface area contributed by atoms with Gasteiger partial charge >= 0.3 is 0 Å². The summed E-state index contributed by atoms with van der Waals surface area (Å²) in [4.78, 5) is 20.9. The normalized spacial score (nSPS) is 15.9. The van der Waals surface area contributed by atoms with Gasteiger partial charge in [-0.1, -0.05) is 18.2 Å². The molecule has 1 aliphatic heterocycles. The fourth-order valence-electron chi connectivity index (χ4n) is 4.57. The first-order valence-electron chi connectivity index (χ1n) is 11.5. The lowest BCUT2D eigenvalue weighted by Gasteiger charge is -2.35. The zero-order chi connectivity index (χ0) is 21.9. The fourth-order valence-corrected chi connectivity index (χ4v) is 4.57. The molecular formula is C25H31N7. The lowest BCUT2D eigenvalue weighted by molar-refractivity contribution is 0.635. The number of benzene rings is 1. The average molecular weight is 430 g/mol. The molecule has 1 aliphatic carbocycles. The number of fused-ring (bicyclic) bond motifs is 1. The summed E-state index contributed by atoms with van der Waals surface area (Å²) in [5.41, 5.74) is 4.08. The van der Waals surface area contributed by atoms with Crippen molar-refractivity contribution in [1.82, 2.24) is 15.0 Å². The van der Waals surface area contributed by atoms with Crippen LogP contribution in [0.25, 0.3) is 0 Å². The van der Waals surface area contributed by atoms with Crippen LogP contribution in [-0.4, -0.2) is 55.2 Å². The Bertz CT molecular complexity index is 1060. The lowest BCUT2D eigenvalue weighted by Crippen LogP contribution is -2.47. The minimum atomic E-state index is 0.782. The van der Waals surface area contributed by atoms with Crippen molar-refractivity contribution in [3.8, 4) is 0 Å². The number of aromatic nitrogens is 3. The van der Waals surface area contributed by atoms with Crippen molar-refractivity contribution in [2.24, 2.45) is 0 Å². The topological polar surface area (TPSA) is 60.4 Å². The Labute approximate surface area is 190 Å². The Balaban J connectivity index is 1.37. The van der Waals surface area contributed by atoms with Crippen LogP contribution in [0, 0.1) is 0 Å². The van der Waals surface area contributed by atoms with Crippen LogP contribution in [0.2, 0.25) is 0 Å². The van der Waals surface area contributed by atoms with E-state index in [4.69, 9.17) is 9.97 Å². The third-order valence-electron chi connectivity index (χ3n) is 6.35. The predicted molar refractivity (Wildman–Crippen MR) is 131 cm³/mol. The molecule has 0 saturated carbocycles. The average Bonchev–Trinajstić information content (AvgIpc) is 2.85. The Morgan fingerprint density at radius 3 is 2.47 bits per heavy atom. The van der Waals surface area contributed by atoms with Gasteiger partial charge in [-0.2, -0.15) is 9.97 Å². The summed E-state index contributed by atoms with van der Waals surface area (Å²) < 4.78 is 0. The largest absolute Gasteiger partial charge is 0.363 e. The standard InChI is InChI=1S/C25H31N7/c1-30(2)24-18-22(27-21-11-7-9-19-8-3-4-10-20(19)21)28-25(29-24)32-16-14-31(15-17-32)23-12-5-6-13-26-23/h5-7,9,11-13,18H,3-4,8,10,14-17H2,1-2H3,(H,27,28,29). The van der Waals surface area contributed by atoms with Gasteiger partial charge < -0.3 is 20.0 Å². The molecule has 1 fully saturated rings. The molecule has 2 aliphatic rings. The predicted octanol–water partition coefficient (Wildman–Crippen LogP) is 3.89. The molecule has 0 spiro atoms. The van der Waals surface area contributed by atoms with E-state index in [0.29, 0.717) is 0 Å². The maximum Gasteiger partial charge on any atom is 0.229 e. The van der Waals surface area contributed by atoms with E-state index in [2.05, 4.69) is 44.4 Å². The molecule has 0 unspecified atom stereocenters. The third-order valence-corrected chi connectivity index (χ3v) is 6.35. The Kier molecular flexibility index (Phi) is 5.79. The minimum absolute atomic E-state index is 0.782. The molecule has 2 aromatic heterocycles. The maximum absolute atomic E-state index is 4.92. The number of aryl methyl sites for hydroxylation is 1. The Morgan fingerprint density at radius 2 is 1.69 bits per heavy atom. The van der Waals surface area contributed by atoms with Gasteiger partial charge in [-0.15, -0.1) is 0 Å². The molecule has 166 valence electrons. The van der Waals surface area contributed by atoms with E-state index in [1.165, 1.54) is 36.1 Å².